The number of hydrogen-bond donors (Lipinski definition) is 1. The molecule has 0 radical (unpaired) electrons. The van der Waals surface area contributed by atoms with E-state index < -0.39 is 0 Å². The van der Waals surface area contributed by atoms with Crippen LogP contribution in [0.15, 0.2) is 5.16 Å². The SMILES string of the molecule is O.O=C1CCCCCC1C1CCCCCC1=NO. The van der Waals surface area contributed by atoms with E-state index in [4.69, 9.17) is 5.21 Å². The molecule has 0 aliphatic heterocycles. The molecule has 2 unspecified atom stereocenters. The Hall–Kier alpha value is -0.900. The van der Waals surface area contributed by atoms with Gasteiger partial charge in [-0.3, -0.25) is 4.79 Å². The van der Waals surface area contributed by atoms with Gasteiger partial charge in [0.25, 0.3) is 0 Å². The first-order chi connectivity index (χ1) is 8.33. The van der Waals surface area contributed by atoms with Gasteiger partial charge in [-0.25, -0.2) is 0 Å². The van der Waals surface area contributed by atoms with Crippen molar-refractivity contribution in [2.75, 3.05) is 0 Å². The molecule has 3 N–H and O–H groups in total. The first kappa shape index (κ1) is 15.2. The molecule has 18 heavy (non-hydrogen) atoms. The summed E-state index contributed by atoms with van der Waals surface area (Å²) in [5.74, 6) is 0.783. The molecule has 0 spiro atoms. The van der Waals surface area contributed by atoms with Gasteiger partial charge in [-0.2, -0.15) is 0 Å². The molecule has 2 atom stereocenters. The van der Waals surface area contributed by atoms with Crippen LogP contribution in [0.4, 0.5) is 0 Å². The van der Waals surface area contributed by atoms with Crippen LogP contribution < -0.4 is 0 Å². The highest BCUT2D eigenvalue weighted by molar-refractivity contribution is 5.92. The molecule has 4 heteroatoms. The summed E-state index contributed by atoms with van der Waals surface area (Å²) in [7, 11) is 0. The number of oxime groups is 1. The number of carbonyl (C=O) groups excluding carboxylic acids is 1. The molecule has 0 bridgehead atoms. The maximum atomic E-state index is 12.2. The Balaban J connectivity index is 0.00000162. The van der Waals surface area contributed by atoms with Crippen molar-refractivity contribution >= 4 is 11.5 Å². The largest absolute Gasteiger partial charge is 0.412 e. The van der Waals surface area contributed by atoms with Crippen LogP contribution >= 0.6 is 0 Å². The maximum absolute atomic E-state index is 12.2. The van der Waals surface area contributed by atoms with Crippen LogP contribution in [0.5, 0.6) is 0 Å². The van der Waals surface area contributed by atoms with E-state index in [2.05, 4.69) is 5.16 Å². The predicted molar refractivity (Wildman–Crippen MR) is 71.0 cm³/mol. The normalized spacial score (nSPS) is 32.4. The lowest BCUT2D eigenvalue weighted by molar-refractivity contribution is -0.123. The minimum atomic E-state index is 0. The molecule has 2 aliphatic rings. The van der Waals surface area contributed by atoms with E-state index in [0.717, 1.165) is 50.7 Å². The van der Waals surface area contributed by atoms with Gasteiger partial charge in [-0.15, -0.1) is 0 Å². The van der Waals surface area contributed by atoms with Gasteiger partial charge in [-0.05, 0) is 32.1 Å². The third kappa shape index (κ3) is 3.55. The summed E-state index contributed by atoms with van der Waals surface area (Å²) in [6.07, 6.45) is 10.5. The Labute approximate surface area is 109 Å². The van der Waals surface area contributed by atoms with Crippen molar-refractivity contribution in [3.05, 3.63) is 0 Å². The standard InChI is InChI=1S/C14H23NO2.H2O/c16-14-10-6-2-4-8-12(14)11-7-3-1-5-9-13(11)15-17;/h11-12,17H,1-10H2;1H2. The van der Waals surface area contributed by atoms with Crippen LogP contribution in [0.2, 0.25) is 0 Å². The Morgan fingerprint density at radius 1 is 0.889 bits per heavy atom. The van der Waals surface area contributed by atoms with Crippen LogP contribution in [0, 0.1) is 11.8 Å². The number of Topliss-reactive ketones (excluding diaryl/α,β-unsaturated/α-hetero) is 1. The smallest absolute Gasteiger partial charge is 0.136 e. The fourth-order valence-corrected chi connectivity index (χ4v) is 3.37. The molecule has 2 aliphatic carbocycles. The number of carbonyl (C=O) groups is 1. The summed E-state index contributed by atoms with van der Waals surface area (Å²) in [6.45, 7) is 0. The lowest BCUT2D eigenvalue weighted by Gasteiger charge is -2.24. The predicted octanol–water partition coefficient (Wildman–Crippen LogP) is 2.72. The molecule has 0 aromatic carbocycles. The molecule has 0 heterocycles. The minimum Gasteiger partial charge on any atom is -0.412 e. The second-order valence-corrected chi connectivity index (χ2v) is 5.47. The van der Waals surface area contributed by atoms with Crippen molar-refractivity contribution in [1.82, 2.24) is 0 Å². The summed E-state index contributed by atoms with van der Waals surface area (Å²) in [5, 5.41) is 12.6. The molecular formula is C14H25NO3. The summed E-state index contributed by atoms with van der Waals surface area (Å²) >= 11 is 0. The second kappa shape index (κ2) is 7.52. The van der Waals surface area contributed by atoms with E-state index in [1.54, 1.807) is 0 Å². The van der Waals surface area contributed by atoms with Crippen molar-refractivity contribution in [1.29, 1.82) is 0 Å². The number of nitrogens with zero attached hydrogens (tertiary/aromatic N) is 1. The molecule has 2 rings (SSSR count). The molecule has 2 saturated carbocycles. The van der Waals surface area contributed by atoms with Crippen molar-refractivity contribution in [2.24, 2.45) is 17.0 Å². The van der Waals surface area contributed by atoms with Gasteiger partial charge in [-0.1, -0.05) is 30.8 Å². The molecule has 104 valence electrons. The van der Waals surface area contributed by atoms with Gasteiger partial charge in [0.05, 0.1) is 5.71 Å². The van der Waals surface area contributed by atoms with Crippen LogP contribution in [-0.4, -0.2) is 22.2 Å². The monoisotopic (exact) mass is 255 g/mol. The second-order valence-electron chi connectivity index (χ2n) is 5.47. The Bertz CT molecular complexity index is 301. The van der Waals surface area contributed by atoms with E-state index in [0.29, 0.717) is 5.78 Å². The van der Waals surface area contributed by atoms with Gasteiger partial charge in [0, 0.05) is 18.3 Å². The van der Waals surface area contributed by atoms with E-state index in [1.165, 1.54) is 19.3 Å². The minimum absolute atomic E-state index is 0. The number of hydrogen-bond acceptors (Lipinski definition) is 3. The fourth-order valence-electron chi connectivity index (χ4n) is 3.37. The quantitative estimate of drug-likeness (QED) is 0.444. The molecule has 2 fully saturated rings. The third-order valence-corrected chi connectivity index (χ3v) is 4.34. The highest BCUT2D eigenvalue weighted by Gasteiger charge is 2.33. The van der Waals surface area contributed by atoms with E-state index in [1.807, 2.05) is 0 Å². The van der Waals surface area contributed by atoms with Gasteiger partial charge in [0.2, 0.25) is 0 Å². The molecule has 0 aromatic heterocycles. The highest BCUT2D eigenvalue weighted by Crippen LogP contribution is 2.33. The Morgan fingerprint density at radius 2 is 1.50 bits per heavy atom. The maximum Gasteiger partial charge on any atom is 0.136 e. The van der Waals surface area contributed by atoms with Crippen LogP contribution in [0.1, 0.15) is 64.2 Å². The zero-order chi connectivity index (χ0) is 12.1. The molecule has 0 saturated heterocycles. The Morgan fingerprint density at radius 3 is 2.17 bits per heavy atom. The molecule has 4 nitrogen and oxygen atoms in total. The zero-order valence-electron chi connectivity index (χ0n) is 11.0. The lowest BCUT2D eigenvalue weighted by Crippen LogP contribution is -2.28. The zero-order valence-corrected chi connectivity index (χ0v) is 11.0. The van der Waals surface area contributed by atoms with E-state index >= 15 is 0 Å². The summed E-state index contributed by atoms with van der Waals surface area (Å²) in [5.41, 5.74) is 0.891. The van der Waals surface area contributed by atoms with Gasteiger partial charge >= 0.3 is 0 Å². The van der Waals surface area contributed by atoms with Crippen molar-refractivity contribution in [3.8, 4) is 0 Å². The van der Waals surface area contributed by atoms with E-state index in [-0.39, 0.29) is 17.3 Å². The van der Waals surface area contributed by atoms with Crippen molar-refractivity contribution in [3.63, 3.8) is 0 Å². The number of ketones is 1. The average Bonchev–Trinajstić information content (AvgIpc) is 2.68. The van der Waals surface area contributed by atoms with Crippen LogP contribution in [-0.2, 0) is 4.79 Å². The average molecular weight is 255 g/mol. The molecule has 0 amide bonds. The van der Waals surface area contributed by atoms with Gasteiger partial charge in [0.15, 0.2) is 0 Å². The lowest BCUT2D eigenvalue weighted by atomic mass is 9.79. The van der Waals surface area contributed by atoms with Gasteiger partial charge in [0.1, 0.15) is 5.78 Å². The Kier molecular flexibility index (Phi) is 6.33. The molecule has 0 aromatic rings. The molecular weight excluding hydrogens is 230 g/mol. The van der Waals surface area contributed by atoms with Crippen LogP contribution in [0.3, 0.4) is 0 Å². The highest BCUT2D eigenvalue weighted by atomic mass is 16.4. The number of rotatable bonds is 1. The first-order valence-electron chi connectivity index (χ1n) is 7.06. The summed E-state index contributed by atoms with van der Waals surface area (Å²) < 4.78 is 0. The topological polar surface area (TPSA) is 81.2 Å². The fraction of sp³-hybridized carbons (Fsp3) is 0.857. The van der Waals surface area contributed by atoms with Crippen molar-refractivity contribution < 1.29 is 15.5 Å². The summed E-state index contributed by atoms with van der Waals surface area (Å²) in [4.78, 5) is 12.2. The van der Waals surface area contributed by atoms with Crippen LogP contribution in [0.25, 0.3) is 0 Å². The first-order valence-corrected chi connectivity index (χ1v) is 7.06. The third-order valence-electron chi connectivity index (χ3n) is 4.34. The summed E-state index contributed by atoms with van der Waals surface area (Å²) in [6, 6.07) is 0. The van der Waals surface area contributed by atoms with Gasteiger partial charge < -0.3 is 10.7 Å². The van der Waals surface area contributed by atoms with E-state index in [9.17, 15) is 4.79 Å². The van der Waals surface area contributed by atoms with Crippen molar-refractivity contribution in [2.45, 2.75) is 64.2 Å².